The van der Waals surface area contributed by atoms with Crippen LogP contribution in [0, 0.1) is 0 Å². The summed E-state index contributed by atoms with van der Waals surface area (Å²) in [6, 6.07) is 0. The van der Waals surface area contributed by atoms with Crippen molar-refractivity contribution in [1.29, 1.82) is 0 Å². The van der Waals surface area contributed by atoms with E-state index in [1.165, 1.54) is 0 Å². The lowest BCUT2D eigenvalue weighted by Crippen LogP contribution is -2.48. The fraction of sp³-hybridized carbons (Fsp3) is 0.600. The maximum Gasteiger partial charge on any atom is 0.236 e. The maximum atomic E-state index is 11.6. The lowest BCUT2D eigenvalue weighted by atomic mass is 10.4. The molecule has 1 saturated heterocycles. The van der Waals surface area contributed by atoms with Gasteiger partial charge in [-0.1, -0.05) is 0 Å². The summed E-state index contributed by atoms with van der Waals surface area (Å²) in [5.74, 6) is 0.0125. The molecule has 0 saturated carbocycles. The van der Waals surface area contributed by atoms with E-state index in [0.717, 1.165) is 17.6 Å². The average molecular weight is 303 g/mol. The van der Waals surface area contributed by atoms with Crippen LogP contribution >= 0.6 is 15.9 Å². The number of aromatic nitrogens is 2. The van der Waals surface area contributed by atoms with Crippen LogP contribution < -0.4 is 5.43 Å². The topological polar surface area (TPSA) is 59.4 Å². The van der Waals surface area contributed by atoms with Crippen molar-refractivity contribution in [3.05, 3.63) is 16.9 Å². The number of aryl methyl sites for hydroxylation is 1. The Morgan fingerprint density at radius 3 is 2.94 bits per heavy atom. The fourth-order valence-electron chi connectivity index (χ4n) is 1.58. The molecule has 1 aromatic heterocycles. The highest BCUT2D eigenvalue weighted by atomic mass is 79.9. The summed E-state index contributed by atoms with van der Waals surface area (Å²) in [6.07, 6.45) is 3.98. The number of rotatable bonds is 4. The number of carbonyl (C=O) groups is 1. The highest BCUT2D eigenvalue weighted by Crippen LogP contribution is 2.06. The Morgan fingerprint density at radius 1 is 1.53 bits per heavy atom. The smallest absolute Gasteiger partial charge is 0.236 e. The summed E-state index contributed by atoms with van der Waals surface area (Å²) < 4.78 is 7.86. The first kappa shape index (κ1) is 12.5. The van der Waals surface area contributed by atoms with Gasteiger partial charge in [-0.3, -0.25) is 14.9 Å². The monoisotopic (exact) mass is 302 g/mol. The predicted octanol–water partition coefficient (Wildman–Crippen LogP) is 0.399. The van der Waals surface area contributed by atoms with Gasteiger partial charge in [-0.05, 0) is 15.9 Å². The van der Waals surface area contributed by atoms with E-state index in [-0.39, 0.29) is 5.91 Å². The number of amides is 1. The molecular weight excluding hydrogens is 288 g/mol. The van der Waals surface area contributed by atoms with E-state index in [4.69, 9.17) is 4.74 Å². The standard InChI is InChI=1S/C10H15BrN4O2/c11-9-7-12-15(8-9)2-1-10(16)13-14-3-5-17-6-4-14/h7-8H,1-6H2,(H,13,16). The van der Waals surface area contributed by atoms with E-state index >= 15 is 0 Å². The van der Waals surface area contributed by atoms with Gasteiger partial charge in [0, 0.05) is 32.3 Å². The molecular formula is C10H15BrN4O2. The fourth-order valence-corrected chi connectivity index (χ4v) is 1.91. The Kier molecular flexibility index (Phi) is 4.52. The molecule has 0 spiro atoms. The molecule has 1 aliphatic heterocycles. The van der Waals surface area contributed by atoms with Gasteiger partial charge < -0.3 is 4.74 Å². The van der Waals surface area contributed by atoms with Gasteiger partial charge in [0.2, 0.25) is 5.91 Å². The Morgan fingerprint density at radius 2 is 2.29 bits per heavy atom. The van der Waals surface area contributed by atoms with Crippen LogP contribution in [0.4, 0.5) is 0 Å². The lowest BCUT2D eigenvalue weighted by Gasteiger charge is -2.26. The molecule has 0 unspecified atom stereocenters. The molecule has 1 aromatic rings. The molecule has 0 aliphatic carbocycles. The molecule has 2 rings (SSSR count). The van der Waals surface area contributed by atoms with Crippen LogP contribution in [-0.2, 0) is 16.1 Å². The molecule has 0 bridgehead atoms. The van der Waals surface area contributed by atoms with E-state index in [0.29, 0.717) is 26.2 Å². The van der Waals surface area contributed by atoms with Crippen molar-refractivity contribution >= 4 is 21.8 Å². The minimum Gasteiger partial charge on any atom is -0.379 e. The zero-order valence-corrected chi connectivity index (χ0v) is 11.0. The van der Waals surface area contributed by atoms with E-state index < -0.39 is 0 Å². The molecule has 17 heavy (non-hydrogen) atoms. The zero-order chi connectivity index (χ0) is 12.1. The van der Waals surface area contributed by atoms with Gasteiger partial charge in [0.05, 0.1) is 23.9 Å². The molecule has 0 aromatic carbocycles. The maximum absolute atomic E-state index is 11.6. The Balaban J connectivity index is 1.70. The van der Waals surface area contributed by atoms with E-state index in [1.54, 1.807) is 10.9 Å². The van der Waals surface area contributed by atoms with Gasteiger partial charge >= 0.3 is 0 Å². The van der Waals surface area contributed by atoms with Crippen LogP contribution in [0.15, 0.2) is 16.9 Å². The SMILES string of the molecule is O=C(CCn1cc(Br)cn1)NN1CCOCC1. The molecule has 1 N–H and O–H groups in total. The zero-order valence-electron chi connectivity index (χ0n) is 9.43. The second-order valence-electron chi connectivity index (χ2n) is 3.81. The van der Waals surface area contributed by atoms with Crippen molar-refractivity contribution in [3.8, 4) is 0 Å². The number of carbonyl (C=O) groups excluding carboxylic acids is 1. The molecule has 0 radical (unpaired) electrons. The third kappa shape index (κ3) is 4.10. The van der Waals surface area contributed by atoms with Gasteiger partial charge in [-0.15, -0.1) is 0 Å². The second-order valence-corrected chi connectivity index (χ2v) is 4.72. The van der Waals surface area contributed by atoms with Crippen LogP contribution in [-0.4, -0.2) is 47.0 Å². The van der Waals surface area contributed by atoms with Crippen molar-refractivity contribution in [2.45, 2.75) is 13.0 Å². The average Bonchev–Trinajstić information content (AvgIpc) is 2.74. The highest BCUT2D eigenvalue weighted by Gasteiger charge is 2.12. The number of ether oxygens (including phenoxy) is 1. The first-order chi connectivity index (χ1) is 8.24. The second kappa shape index (κ2) is 6.13. The van der Waals surface area contributed by atoms with Crippen LogP contribution in [0.1, 0.15) is 6.42 Å². The van der Waals surface area contributed by atoms with Crippen molar-refractivity contribution < 1.29 is 9.53 Å². The van der Waals surface area contributed by atoms with Gasteiger partial charge in [-0.25, -0.2) is 5.01 Å². The molecule has 1 amide bonds. The summed E-state index contributed by atoms with van der Waals surface area (Å²) >= 11 is 3.31. The molecule has 1 fully saturated rings. The summed E-state index contributed by atoms with van der Waals surface area (Å²) in [5, 5.41) is 5.98. The number of nitrogens with one attached hydrogen (secondary N) is 1. The first-order valence-electron chi connectivity index (χ1n) is 5.54. The quantitative estimate of drug-likeness (QED) is 0.875. The summed E-state index contributed by atoms with van der Waals surface area (Å²) in [7, 11) is 0. The van der Waals surface area contributed by atoms with Crippen LogP contribution in [0.2, 0.25) is 0 Å². The summed E-state index contributed by atoms with van der Waals surface area (Å²) in [5.41, 5.74) is 2.86. The molecule has 94 valence electrons. The number of morpholine rings is 1. The lowest BCUT2D eigenvalue weighted by molar-refractivity contribution is -0.128. The molecule has 1 aliphatic rings. The number of hydrogen-bond donors (Lipinski definition) is 1. The minimum absolute atomic E-state index is 0.0125. The molecule has 7 heteroatoms. The van der Waals surface area contributed by atoms with E-state index in [9.17, 15) is 4.79 Å². The third-order valence-electron chi connectivity index (χ3n) is 2.46. The highest BCUT2D eigenvalue weighted by molar-refractivity contribution is 9.10. The van der Waals surface area contributed by atoms with Gasteiger partial charge in [0.15, 0.2) is 0 Å². The van der Waals surface area contributed by atoms with Crippen LogP contribution in [0.5, 0.6) is 0 Å². The number of hydrazine groups is 1. The summed E-state index contributed by atoms with van der Waals surface area (Å²) in [6.45, 7) is 3.43. The van der Waals surface area contributed by atoms with Crippen molar-refractivity contribution in [2.24, 2.45) is 0 Å². The van der Waals surface area contributed by atoms with Gasteiger partial charge in [0.25, 0.3) is 0 Å². The number of nitrogens with zero attached hydrogens (tertiary/aromatic N) is 3. The Labute approximate surface area is 108 Å². The molecule has 2 heterocycles. The Bertz CT molecular complexity index is 376. The van der Waals surface area contributed by atoms with Gasteiger partial charge in [0.1, 0.15) is 0 Å². The van der Waals surface area contributed by atoms with E-state index in [1.807, 2.05) is 11.2 Å². The van der Waals surface area contributed by atoms with Crippen molar-refractivity contribution in [3.63, 3.8) is 0 Å². The number of hydrogen-bond acceptors (Lipinski definition) is 4. The summed E-state index contributed by atoms with van der Waals surface area (Å²) in [4.78, 5) is 11.6. The first-order valence-corrected chi connectivity index (χ1v) is 6.33. The minimum atomic E-state index is 0.0125. The third-order valence-corrected chi connectivity index (χ3v) is 2.87. The van der Waals surface area contributed by atoms with E-state index in [2.05, 4.69) is 26.5 Å². The molecule has 6 nitrogen and oxygen atoms in total. The number of halogens is 1. The Hall–Kier alpha value is -0.920. The van der Waals surface area contributed by atoms with Crippen LogP contribution in [0.3, 0.4) is 0 Å². The molecule has 0 atom stereocenters. The normalized spacial score (nSPS) is 17.0. The predicted molar refractivity (Wildman–Crippen MR) is 65.1 cm³/mol. The van der Waals surface area contributed by atoms with Crippen molar-refractivity contribution in [2.75, 3.05) is 26.3 Å². The van der Waals surface area contributed by atoms with Crippen LogP contribution in [0.25, 0.3) is 0 Å². The van der Waals surface area contributed by atoms with Crippen molar-refractivity contribution in [1.82, 2.24) is 20.2 Å². The largest absolute Gasteiger partial charge is 0.379 e. The van der Waals surface area contributed by atoms with Gasteiger partial charge in [-0.2, -0.15) is 5.10 Å².